The number of aromatic nitrogens is 1. The van der Waals surface area contributed by atoms with Gasteiger partial charge in [0.25, 0.3) is 11.5 Å². The van der Waals surface area contributed by atoms with Gasteiger partial charge in [-0.25, -0.2) is 0 Å². The summed E-state index contributed by atoms with van der Waals surface area (Å²) in [5.74, 6) is -0.358. The van der Waals surface area contributed by atoms with Gasteiger partial charge < -0.3 is 10.3 Å². The Morgan fingerprint density at radius 1 is 1.32 bits per heavy atom. The normalized spacial score (nSPS) is 10.2. The number of halogens is 1. The van der Waals surface area contributed by atoms with E-state index in [1.54, 1.807) is 13.0 Å². The van der Waals surface area contributed by atoms with Gasteiger partial charge in [-0.15, -0.1) is 0 Å². The van der Waals surface area contributed by atoms with Gasteiger partial charge in [0.05, 0.1) is 0 Å². The van der Waals surface area contributed by atoms with Crippen molar-refractivity contribution in [3.05, 3.63) is 67.1 Å². The summed E-state index contributed by atoms with van der Waals surface area (Å²) < 4.78 is 0.863. The molecule has 0 atom stereocenters. The highest BCUT2D eigenvalue weighted by atomic mass is 127. The van der Waals surface area contributed by atoms with Gasteiger partial charge in [0, 0.05) is 15.8 Å². The first-order valence-electron chi connectivity index (χ1n) is 5.79. The molecule has 1 heterocycles. The van der Waals surface area contributed by atoms with E-state index < -0.39 is 0 Å². The summed E-state index contributed by atoms with van der Waals surface area (Å²) in [6, 6.07) is 11.2. The summed E-state index contributed by atoms with van der Waals surface area (Å²) in [7, 11) is 0. The Morgan fingerprint density at radius 3 is 2.68 bits per heavy atom. The zero-order chi connectivity index (χ0) is 13.8. The van der Waals surface area contributed by atoms with E-state index in [1.165, 1.54) is 0 Å². The average molecular weight is 368 g/mol. The first-order valence-corrected chi connectivity index (χ1v) is 6.87. The summed E-state index contributed by atoms with van der Waals surface area (Å²) in [5, 5.41) is 2.74. The summed E-state index contributed by atoms with van der Waals surface area (Å²) >= 11 is 2.09. The maximum Gasteiger partial charge on any atom is 0.261 e. The zero-order valence-electron chi connectivity index (χ0n) is 10.4. The minimum Gasteiger partial charge on any atom is -0.348 e. The summed E-state index contributed by atoms with van der Waals surface area (Å²) in [6.45, 7) is 2.21. The van der Waals surface area contributed by atoms with Gasteiger partial charge in [-0.3, -0.25) is 9.59 Å². The molecule has 0 saturated heterocycles. The van der Waals surface area contributed by atoms with Crippen molar-refractivity contribution in [3.63, 3.8) is 0 Å². The number of benzene rings is 1. The maximum absolute atomic E-state index is 12.0. The molecule has 2 N–H and O–H groups in total. The molecule has 0 aliphatic carbocycles. The molecule has 0 aliphatic heterocycles. The second-order valence-corrected chi connectivity index (χ2v) is 5.32. The molecule has 98 valence electrons. The average Bonchev–Trinajstić information content (AvgIpc) is 2.41. The molecular formula is C14H13IN2O2. The van der Waals surface area contributed by atoms with Crippen molar-refractivity contribution < 1.29 is 4.79 Å². The molecule has 0 radical (unpaired) electrons. The topological polar surface area (TPSA) is 62.0 Å². The summed E-state index contributed by atoms with van der Waals surface area (Å²) in [6.07, 6.45) is 0. The van der Waals surface area contributed by atoms with Crippen LogP contribution in [0.5, 0.6) is 0 Å². The van der Waals surface area contributed by atoms with E-state index in [-0.39, 0.29) is 17.0 Å². The van der Waals surface area contributed by atoms with E-state index in [0.717, 1.165) is 14.8 Å². The molecule has 0 spiro atoms. The number of hydrogen-bond donors (Lipinski definition) is 2. The standard InChI is InChI=1S/C14H13IN2O2/c1-9-12(15)7-11(14(19)17-9)13(18)16-8-10-5-3-2-4-6-10/h2-7H,8H2,1H3,(H,16,18)(H,17,19). The molecule has 1 aromatic carbocycles. The Hall–Kier alpha value is -1.63. The fourth-order valence-electron chi connectivity index (χ4n) is 1.64. The van der Waals surface area contributed by atoms with Crippen molar-refractivity contribution >= 4 is 28.5 Å². The van der Waals surface area contributed by atoms with Crippen LogP contribution >= 0.6 is 22.6 Å². The zero-order valence-corrected chi connectivity index (χ0v) is 12.5. The maximum atomic E-state index is 12.0. The molecule has 0 saturated carbocycles. The molecule has 1 amide bonds. The highest BCUT2D eigenvalue weighted by Crippen LogP contribution is 2.08. The number of hydrogen-bond acceptors (Lipinski definition) is 2. The van der Waals surface area contributed by atoms with E-state index in [1.807, 2.05) is 30.3 Å². The second-order valence-electron chi connectivity index (χ2n) is 4.15. The van der Waals surface area contributed by atoms with Crippen molar-refractivity contribution in [2.24, 2.45) is 0 Å². The van der Waals surface area contributed by atoms with Gasteiger partial charge in [0.2, 0.25) is 0 Å². The van der Waals surface area contributed by atoms with Crippen LogP contribution in [0.1, 0.15) is 21.6 Å². The van der Waals surface area contributed by atoms with E-state index in [4.69, 9.17) is 0 Å². The van der Waals surface area contributed by atoms with E-state index >= 15 is 0 Å². The van der Waals surface area contributed by atoms with Crippen LogP contribution in [0.4, 0.5) is 0 Å². The predicted octanol–water partition coefficient (Wildman–Crippen LogP) is 2.22. The van der Waals surface area contributed by atoms with Crippen LogP contribution in [0.25, 0.3) is 0 Å². The number of nitrogens with one attached hydrogen (secondary N) is 2. The minimum atomic E-state index is -0.358. The SMILES string of the molecule is Cc1[nH]c(=O)c(C(=O)NCc2ccccc2)cc1I. The Bertz CT molecular complexity index is 650. The molecule has 1 aromatic heterocycles. The lowest BCUT2D eigenvalue weighted by Gasteiger charge is -2.06. The Balaban J connectivity index is 2.13. The van der Waals surface area contributed by atoms with Crippen LogP contribution in [-0.4, -0.2) is 10.9 Å². The second kappa shape index (κ2) is 6.01. The lowest BCUT2D eigenvalue weighted by atomic mass is 10.2. The first-order chi connectivity index (χ1) is 9.08. The number of carbonyl (C=O) groups is 1. The van der Waals surface area contributed by atoms with Gasteiger partial charge in [-0.05, 0) is 41.1 Å². The Morgan fingerprint density at radius 2 is 2.00 bits per heavy atom. The van der Waals surface area contributed by atoms with E-state index in [2.05, 4.69) is 32.9 Å². The van der Waals surface area contributed by atoms with Crippen LogP contribution < -0.4 is 10.9 Å². The van der Waals surface area contributed by atoms with Gasteiger partial charge >= 0.3 is 0 Å². The van der Waals surface area contributed by atoms with Crippen molar-refractivity contribution in [1.29, 1.82) is 0 Å². The van der Waals surface area contributed by atoms with Gasteiger partial charge in [0.1, 0.15) is 5.56 Å². The molecular weight excluding hydrogens is 355 g/mol. The van der Waals surface area contributed by atoms with Crippen LogP contribution in [0.3, 0.4) is 0 Å². The highest BCUT2D eigenvalue weighted by molar-refractivity contribution is 14.1. The molecule has 2 rings (SSSR count). The van der Waals surface area contributed by atoms with Crippen LogP contribution in [0, 0.1) is 10.5 Å². The number of aryl methyl sites for hydroxylation is 1. The molecule has 4 nitrogen and oxygen atoms in total. The third-order valence-corrected chi connectivity index (χ3v) is 3.84. The van der Waals surface area contributed by atoms with Crippen LogP contribution in [0.15, 0.2) is 41.2 Å². The summed E-state index contributed by atoms with van der Waals surface area (Å²) in [5.41, 5.74) is 1.55. The lowest BCUT2D eigenvalue weighted by Crippen LogP contribution is -2.29. The number of amides is 1. The Labute approximate surface area is 124 Å². The largest absolute Gasteiger partial charge is 0.348 e. The molecule has 19 heavy (non-hydrogen) atoms. The first kappa shape index (κ1) is 13.8. The third-order valence-electron chi connectivity index (χ3n) is 2.72. The van der Waals surface area contributed by atoms with Crippen molar-refractivity contribution in [2.45, 2.75) is 13.5 Å². The number of pyridine rings is 1. The quantitative estimate of drug-likeness (QED) is 0.817. The minimum absolute atomic E-state index is 0.144. The van der Waals surface area contributed by atoms with Crippen LogP contribution in [0.2, 0.25) is 0 Å². The fraction of sp³-hybridized carbons (Fsp3) is 0.143. The molecule has 0 aliphatic rings. The number of aromatic amines is 1. The number of carbonyl (C=O) groups excluding carboxylic acids is 1. The van der Waals surface area contributed by atoms with Gasteiger partial charge in [0.15, 0.2) is 0 Å². The Kier molecular flexibility index (Phi) is 4.36. The van der Waals surface area contributed by atoms with Crippen LogP contribution in [-0.2, 0) is 6.54 Å². The predicted molar refractivity (Wildman–Crippen MR) is 82.1 cm³/mol. The summed E-state index contributed by atoms with van der Waals surface area (Å²) in [4.78, 5) is 26.4. The molecule has 5 heteroatoms. The third kappa shape index (κ3) is 3.44. The molecule has 0 bridgehead atoms. The van der Waals surface area contributed by atoms with E-state index in [0.29, 0.717) is 6.54 Å². The number of H-pyrrole nitrogens is 1. The van der Waals surface area contributed by atoms with Crippen molar-refractivity contribution in [2.75, 3.05) is 0 Å². The highest BCUT2D eigenvalue weighted by Gasteiger charge is 2.12. The lowest BCUT2D eigenvalue weighted by molar-refractivity contribution is 0.0949. The van der Waals surface area contributed by atoms with Gasteiger partial charge in [-0.2, -0.15) is 0 Å². The number of rotatable bonds is 3. The smallest absolute Gasteiger partial charge is 0.261 e. The van der Waals surface area contributed by atoms with Gasteiger partial charge in [-0.1, -0.05) is 30.3 Å². The van der Waals surface area contributed by atoms with Crippen molar-refractivity contribution in [1.82, 2.24) is 10.3 Å². The monoisotopic (exact) mass is 368 g/mol. The fourth-order valence-corrected chi connectivity index (χ4v) is 2.09. The van der Waals surface area contributed by atoms with E-state index in [9.17, 15) is 9.59 Å². The van der Waals surface area contributed by atoms with Crippen molar-refractivity contribution in [3.8, 4) is 0 Å². The molecule has 0 fully saturated rings. The molecule has 0 unspecified atom stereocenters. The molecule has 2 aromatic rings.